The number of hydrogen-bond donors (Lipinski definition) is 1. The molecule has 98 valence electrons. The number of sulfone groups is 1. The zero-order chi connectivity index (χ0) is 12.5. The highest BCUT2D eigenvalue weighted by atomic mass is 32.2. The van der Waals surface area contributed by atoms with Crippen LogP contribution in [0.1, 0.15) is 25.7 Å². The summed E-state index contributed by atoms with van der Waals surface area (Å²) in [6, 6.07) is 0.164. The Hall–Kier alpha value is -0.620. The molecule has 0 aromatic rings. The number of carbonyl (C=O) groups is 1. The maximum atomic E-state index is 12.0. The van der Waals surface area contributed by atoms with Crippen LogP contribution in [0.4, 0.5) is 0 Å². The van der Waals surface area contributed by atoms with Gasteiger partial charge >= 0.3 is 0 Å². The van der Waals surface area contributed by atoms with E-state index >= 15 is 0 Å². The molecule has 2 aliphatic heterocycles. The quantitative estimate of drug-likeness (QED) is 0.761. The van der Waals surface area contributed by atoms with E-state index in [0.29, 0.717) is 12.8 Å². The molecule has 2 fully saturated rings. The van der Waals surface area contributed by atoms with Gasteiger partial charge in [0, 0.05) is 25.6 Å². The van der Waals surface area contributed by atoms with Gasteiger partial charge in [-0.3, -0.25) is 4.79 Å². The van der Waals surface area contributed by atoms with E-state index in [0.717, 1.165) is 19.4 Å². The number of nitrogens with zero attached hydrogens (tertiary/aromatic N) is 1. The minimum absolute atomic E-state index is 0.0616. The average Bonchev–Trinajstić information content (AvgIpc) is 2.86. The third-order valence-electron chi connectivity index (χ3n) is 3.73. The zero-order valence-electron chi connectivity index (χ0n) is 10.2. The first-order valence-corrected chi connectivity index (χ1v) is 7.99. The van der Waals surface area contributed by atoms with Crippen LogP contribution < -0.4 is 5.32 Å². The van der Waals surface area contributed by atoms with Gasteiger partial charge in [-0.1, -0.05) is 0 Å². The molecule has 2 atom stereocenters. The molecule has 2 rings (SSSR count). The minimum atomic E-state index is -2.91. The van der Waals surface area contributed by atoms with Crippen molar-refractivity contribution in [1.29, 1.82) is 0 Å². The van der Waals surface area contributed by atoms with Crippen LogP contribution in [0.15, 0.2) is 0 Å². The molecule has 0 bridgehead atoms. The van der Waals surface area contributed by atoms with E-state index in [-0.39, 0.29) is 29.5 Å². The number of carbonyl (C=O) groups excluding carboxylic acids is 1. The summed E-state index contributed by atoms with van der Waals surface area (Å²) in [5, 5.41) is 3.28. The van der Waals surface area contributed by atoms with Crippen molar-refractivity contribution >= 4 is 15.7 Å². The van der Waals surface area contributed by atoms with Gasteiger partial charge in [-0.15, -0.1) is 0 Å². The smallest absolute Gasteiger partial charge is 0.224 e. The summed E-state index contributed by atoms with van der Waals surface area (Å²) in [6.45, 7) is 0.986. The van der Waals surface area contributed by atoms with Gasteiger partial charge in [0.25, 0.3) is 0 Å². The fourth-order valence-corrected chi connectivity index (χ4v) is 4.34. The molecule has 2 aliphatic rings. The van der Waals surface area contributed by atoms with Gasteiger partial charge in [0.2, 0.25) is 5.91 Å². The summed E-state index contributed by atoms with van der Waals surface area (Å²) in [4.78, 5) is 13.6. The summed E-state index contributed by atoms with van der Waals surface area (Å²) in [7, 11) is -1.19. The average molecular weight is 260 g/mol. The second kappa shape index (κ2) is 4.94. The highest BCUT2D eigenvalue weighted by Gasteiger charge is 2.33. The SMILES string of the molecule is CN(C(=O)CC1CCCN1)C1CCS(=O)(=O)C1. The molecule has 2 heterocycles. The molecule has 2 saturated heterocycles. The number of hydrogen-bond acceptors (Lipinski definition) is 4. The minimum Gasteiger partial charge on any atom is -0.342 e. The van der Waals surface area contributed by atoms with Gasteiger partial charge in [-0.25, -0.2) is 8.42 Å². The van der Waals surface area contributed by atoms with E-state index in [1.54, 1.807) is 11.9 Å². The van der Waals surface area contributed by atoms with Crippen LogP contribution >= 0.6 is 0 Å². The van der Waals surface area contributed by atoms with Gasteiger partial charge in [0.15, 0.2) is 9.84 Å². The molecule has 0 saturated carbocycles. The van der Waals surface area contributed by atoms with Crippen molar-refractivity contribution in [2.24, 2.45) is 0 Å². The normalized spacial score (nSPS) is 31.6. The van der Waals surface area contributed by atoms with Crippen molar-refractivity contribution in [3.8, 4) is 0 Å². The molecular formula is C11H20N2O3S. The van der Waals surface area contributed by atoms with Crippen molar-refractivity contribution in [2.75, 3.05) is 25.1 Å². The van der Waals surface area contributed by atoms with Crippen LogP contribution in [0.5, 0.6) is 0 Å². The van der Waals surface area contributed by atoms with Gasteiger partial charge in [0.1, 0.15) is 0 Å². The van der Waals surface area contributed by atoms with Crippen LogP contribution in [0, 0.1) is 0 Å². The molecule has 1 amide bonds. The second-order valence-corrected chi connectivity index (χ2v) is 7.29. The molecule has 5 nitrogen and oxygen atoms in total. The summed E-state index contributed by atoms with van der Waals surface area (Å²) in [5.41, 5.74) is 0. The van der Waals surface area contributed by atoms with Crippen molar-refractivity contribution in [3.05, 3.63) is 0 Å². The molecule has 6 heteroatoms. The van der Waals surface area contributed by atoms with Gasteiger partial charge in [-0.05, 0) is 25.8 Å². The Kier molecular flexibility index (Phi) is 3.73. The summed E-state index contributed by atoms with van der Waals surface area (Å²) < 4.78 is 22.7. The fourth-order valence-electron chi connectivity index (χ4n) is 2.57. The third-order valence-corrected chi connectivity index (χ3v) is 5.48. The first-order valence-electron chi connectivity index (χ1n) is 6.17. The lowest BCUT2D eigenvalue weighted by Gasteiger charge is -2.24. The Balaban J connectivity index is 1.86. The monoisotopic (exact) mass is 260 g/mol. The van der Waals surface area contributed by atoms with Gasteiger partial charge in [-0.2, -0.15) is 0 Å². The Bertz CT molecular complexity index is 388. The van der Waals surface area contributed by atoms with E-state index in [2.05, 4.69) is 5.32 Å². The largest absolute Gasteiger partial charge is 0.342 e. The topological polar surface area (TPSA) is 66.5 Å². The Labute approximate surface area is 102 Å². The van der Waals surface area contributed by atoms with E-state index in [9.17, 15) is 13.2 Å². The van der Waals surface area contributed by atoms with Crippen LogP contribution in [-0.4, -0.2) is 56.4 Å². The molecule has 1 N–H and O–H groups in total. The molecule has 0 aromatic heterocycles. The molecule has 17 heavy (non-hydrogen) atoms. The van der Waals surface area contributed by atoms with E-state index in [4.69, 9.17) is 0 Å². The predicted octanol–water partition coefficient (Wildman–Crippen LogP) is -0.226. The molecule has 0 spiro atoms. The van der Waals surface area contributed by atoms with E-state index in [1.165, 1.54) is 0 Å². The Morgan fingerprint density at radius 1 is 1.41 bits per heavy atom. The lowest BCUT2D eigenvalue weighted by atomic mass is 10.1. The van der Waals surface area contributed by atoms with Gasteiger partial charge < -0.3 is 10.2 Å². The summed E-state index contributed by atoms with van der Waals surface area (Å²) in [5.74, 6) is 0.413. The van der Waals surface area contributed by atoms with E-state index < -0.39 is 9.84 Å². The zero-order valence-corrected chi connectivity index (χ0v) is 11.0. The first kappa shape index (κ1) is 12.8. The standard InChI is InChI=1S/C11H20N2O3S/c1-13(10-4-6-17(15,16)8-10)11(14)7-9-3-2-5-12-9/h9-10,12H,2-8H2,1H3. The van der Waals surface area contributed by atoms with Gasteiger partial charge in [0.05, 0.1) is 11.5 Å². The maximum absolute atomic E-state index is 12.0. The van der Waals surface area contributed by atoms with Crippen LogP contribution in [0.3, 0.4) is 0 Å². The highest BCUT2D eigenvalue weighted by molar-refractivity contribution is 7.91. The molecule has 0 aliphatic carbocycles. The molecular weight excluding hydrogens is 240 g/mol. The maximum Gasteiger partial charge on any atom is 0.224 e. The summed E-state index contributed by atoms with van der Waals surface area (Å²) in [6.07, 6.45) is 3.25. The molecule has 0 aromatic carbocycles. The van der Waals surface area contributed by atoms with Crippen LogP contribution in [0.2, 0.25) is 0 Å². The number of rotatable bonds is 3. The summed E-state index contributed by atoms with van der Waals surface area (Å²) >= 11 is 0. The van der Waals surface area contributed by atoms with Crippen molar-refractivity contribution in [3.63, 3.8) is 0 Å². The fraction of sp³-hybridized carbons (Fsp3) is 0.909. The number of nitrogens with one attached hydrogen (secondary N) is 1. The van der Waals surface area contributed by atoms with Crippen molar-refractivity contribution in [1.82, 2.24) is 10.2 Å². The van der Waals surface area contributed by atoms with E-state index in [1.807, 2.05) is 0 Å². The first-order chi connectivity index (χ1) is 7.98. The lowest BCUT2D eigenvalue weighted by molar-refractivity contribution is -0.132. The molecule has 2 unspecified atom stereocenters. The third kappa shape index (κ3) is 3.19. The molecule has 0 radical (unpaired) electrons. The highest BCUT2D eigenvalue weighted by Crippen LogP contribution is 2.18. The second-order valence-electron chi connectivity index (χ2n) is 5.06. The van der Waals surface area contributed by atoms with Crippen molar-refractivity contribution < 1.29 is 13.2 Å². The predicted molar refractivity (Wildman–Crippen MR) is 65.5 cm³/mol. The Morgan fingerprint density at radius 2 is 2.18 bits per heavy atom. The Morgan fingerprint density at radius 3 is 2.71 bits per heavy atom. The van der Waals surface area contributed by atoms with Crippen LogP contribution in [-0.2, 0) is 14.6 Å². The lowest BCUT2D eigenvalue weighted by Crippen LogP contribution is -2.40. The van der Waals surface area contributed by atoms with Crippen molar-refractivity contribution in [2.45, 2.75) is 37.8 Å². The van der Waals surface area contributed by atoms with Crippen LogP contribution in [0.25, 0.3) is 0 Å². The number of amides is 1.